The van der Waals surface area contributed by atoms with Crippen LogP contribution < -0.4 is 14.8 Å². The molecule has 2 aliphatic rings. The fourth-order valence-electron chi connectivity index (χ4n) is 5.72. The molecule has 3 aromatic rings. The van der Waals surface area contributed by atoms with E-state index in [1.165, 1.54) is 10.0 Å². The van der Waals surface area contributed by atoms with Crippen molar-refractivity contribution in [3.8, 4) is 5.75 Å². The Hall–Kier alpha value is -4.26. The Morgan fingerprint density at radius 2 is 1.17 bits per heavy atom. The number of benzene rings is 3. The summed E-state index contributed by atoms with van der Waals surface area (Å²) in [7, 11) is 0. The number of hydrogen-bond donors (Lipinski definition) is 0. The Morgan fingerprint density at radius 3 is 1.61 bits per heavy atom. The first-order chi connectivity index (χ1) is 19.9. The molecule has 2 heterocycles. The molecule has 0 N–H and O–H groups in total. The second-order valence-corrected chi connectivity index (χ2v) is 10.7. The number of aryl methyl sites for hydroxylation is 2. The fourth-order valence-corrected chi connectivity index (χ4v) is 5.72. The zero-order valence-electron chi connectivity index (χ0n) is 24.5. The zero-order chi connectivity index (χ0) is 29.1. The minimum atomic E-state index is -0.642. The number of carbonyl (C=O) groups excluding carboxylic acids is 2. The molecule has 0 fully saturated rings. The van der Waals surface area contributed by atoms with Gasteiger partial charge in [-0.1, -0.05) is 74.4 Å². The molecular weight excluding hydrogens is 512 g/mol. The summed E-state index contributed by atoms with van der Waals surface area (Å²) in [6.45, 7) is 10.6. The first-order valence-electron chi connectivity index (χ1n) is 14.6. The Bertz CT molecular complexity index is 1390. The van der Waals surface area contributed by atoms with E-state index in [9.17, 15) is 9.59 Å². The van der Waals surface area contributed by atoms with Crippen molar-refractivity contribution < 1.29 is 14.3 Å². The number of para-hydroxylation sites is 1. The molecule has 0 aliphatic carbocycles. The highest BCUT2D eigenvalue weighted by molar-refractivity contribution is 6.20. The van der Waals surface area contributed by atoms with Crippen LogP contribution in [0.15, 0.2) is 83.0 Å². The summed E-state index contributed by atoms with van der Waals surface area (Å²) in [5, 5.41) is 12.7. The molecule has 7 nitrogen and oxygen atoms in total. The molecule has 0 saturated heterocycles. The van der Waals surface area contributed by atoms with Gasteiger partial charge in [0.2, 0.25) is 0 Å². The minimum Gasteiger partial charge on any atom is -0.493 e. The Labute approximate surface area is 242 Å². The van der Waals surface area contributed by atoms with Crippen LogP contribution in [0.25, 0.3) is 0 Å². The Balaban J connectivity index is 1.64. The third-order valence-electron chi connectivity index (χ3n) is 7.86. The Morgan fingerprint density at radius 1 is 0.707 bits per heavy atom. The molecule has 3 aromatic carbocycles. The molecule has 0 spiro atoms. The average Bonchev–Trinajstić information content (AvgIpc) is 3.50. The van der Waals surface area contributed by atoms with Crippen LogP contribution in [0.1, 0.15) is 62.6 Å². The summed E-state index contributed by atoms with van der Waals surface area (Å²) in [6, 6.07) is 23.4. The minimum absolute atomic E-state index is 0.141. The van der Waals surface area contributed by atoms with Gasteiger partial charge in [0.15, 0.2) is 0 Å². The van der Waals surface area contributed by atoms with E-state index >= 15 is 0 Å². The SMILES string of the molecule is CCCOc1ccccc1C(C1C(=O)N(c2ccc(C)cc2)N=C1CC)C1C(=O)N(c2ccc(C)cc2)N=C1CC. The quantitative estimate of drug-likeness (QED) is 0.272. The number of hydrogen-bond acceptors (Lipinski definition) is 5. The number of rotatable bonds is 10. The van der Waals surface area contributed by atoms with E-state index in [-0.39, 0.29) is 11.8 Å². The highest BCUT2D eigenvalue weighted by atomic mass is 16.5. The van der Waals surface area contributed by atoms with Gasteiger partial charge < -0.3 is 4.74 Å². The summed E-state index contributed by atoms with van der Waals surface area (Å²) >= 11 is 0. The Kier molecular flexibility index (Phi) is 8.34. The van der Waals surface area contributed by atoms with E-state index in [1.54, 1.807) is 0 Å². The number of amides is 2. The second kappa shape index (κ2) is 12.1. The molecule has 0 radical (unpaired) electrons. The van der Waals surface area contributed by atoms with Gasteiger partial charge in [-0.2, -0.15) is 10.2 Å². The lowest BCUT2D eigenvalue weighted by Gasteiger charge is -2.30. The van der Waals surface area contributed by atoms with E-state index in [2.05, 4.69) is 6.92 Å². The fraction of sp³-hybridized carbons (Fsp3) is 0.353. The molecule has 2 atom stereocenters. The van der Waals surface area contributed by atoms with Gasteiger partial charge in [-0.05, 0) is 69.0 Å². The lowest BCUT2D eigenvalue weighted by Crippen LogP contribution is -2.41. The average molecular weight is 551 g/mol. The maximum atomic E-state index is 14.4. The van der Waals surface area contributed by atoms with Crippen molar-refractivity contribution in [1.29, 1.82) is 0 Å². The van der Waals surface area contributed by atoms with Gasteiger partial charge in [0.05, 0.1) is 41.2 Å². The van der Waals surface area contributed by atoms with Crippen LogP contribution in [0, 0.1) is 25.7 Å². The molecule has 0 bridgehead atoms. The molecule has 0 aromatic heterocycles. The van der Waals surface area contributed by atoms with E-state index in [1.807, 2.05) is 100 Å². The topological polar surface area (TPSA) is 74.6 Å². The maximum absolute atomic E-state index is 14.4. The van der Waals surface area contributed by atoms with Gasteiger partial charge >= 0.3 is 0 Å². The zero-order valence-corrected chi connectivity index (χ0v) is 24.5. The molecule has 2 aliphatic heterocycles. The molecule has 2 amide bonds. The van der Waals surface area contributed by atoms with Crippen molar-refractivity contribution in [3.63, 3.8) is 0 Å². The largest absolute Gasteiger partial charge is 0.493 e. The lowest BCUT2D eigenvalue weighted by molar-refractivity contribution is -0.122. The predicted octanol–water partition coefficient (Wildman–Crippen LogP) is 7.03. The van der Waals surface area contributed by atoms with Crippen molar-refractivity contribution >= 4 is 34.6 Å². The van der Waals surface area contributed by atoms with Crippen LogP contribution in [0.5, 0.6) is 5.75 Å². The monoisotopic (exact) mass is 550 g/mol. The van der Waals surface area contributed by atoms with Crippen molar-refractivity contribution in [3.05, 3.63) is 89.5 Å². The summed E-state index contributed by atoms with van der Waals surface area (Å²) in [6.07, 6.45) is 2.00. The van der Waals surface area contributed by atoms with Gasteiger partial charge in [0.1, 0.15) is 5.75 Å². The molecule has 5 rings (SSSR count). The molecule has 0 saturated carbocycles. The van der Waals surface area contributed by atoms with Crippen LogP contribution in [0.2, 0.25) is 0 Å². The van der Waals surface area contributed by atoms with E-state index < -0.39 is 17.8 Å². The van der Waals surface area contributed by atoms with E-state index in [4.69, 9.17) is 14.9 Å². The van der Waals surface area contributed by atoms with Crippen LogP contribution in [0.4, 0.5) is 11.4 Å². The molecule has 2 unspecified atom stereocenters. The molecule has 7 heteroatoms. The standard InChI is InChI=1S/C34H38N4O3/c1-6-21-41-29-12-10-9-11-26(29)30(31-27(7-2)35-37(33(31)39)24-17-13-22(4)14-18-24)32-28(8-3)36-38(34(32)40)25-19-15-23(5)16-20-25/h9-20,30-32H,6-8,21H2,1-5H3. The first kappa shape index (κ1) is 28.3. The van der Waals surface area contributed by atoms with Gasteiger partial charge in [0.25, 0.3) is 11.8 Å². The maximum Gasteiger partial charge on any atom is 0.256 e. The number of ether oxygens (including phenoxy) is 1. The van der Waals surface area contributed by atoms with Crippen molar-refractivity contribution in [2.45, 2.75) is 59.8 Å². The van der Waals surface area contributed by atoms with E-state index in [0.29, 0.717) is 36.6 Å². The number of nitrogens with zero attached hydrogens (tertiary/aromatic N) is 4. The van der Waals surface area contributed by atoms with E-state index in [0.717, 1.165) is 34.5 Å². The van der Waals surface area contributed by atoms with Gasteiger partial charge in [-0.15, -0.1) is 0 Å². The van der Waals surface area contributed by atoms with Gasteiger partial charge in [-0.25, -0.2) is 10.0 Å². The summed E-state index contributed by atoms with van der Waals surface area (Å²) in [5.74, 6) is -1.41. The number of carbonyl (C=O) groups is 2. The predicted molar refractivity (Wildman–Crippen MR) is 165 cm³/mol. The lowest BCUT2D eigenvalue weighted by atomic mass is 9.71. The van der Waals surface area contributed by atoms with Crippen molar-refractivity contribution in [2.75, 3.05) is 16.6 Å². The summed E-state index contributed by atoms with van der Waals surface area (Å²) < 4.78 is 6.21. The summed E-state index contributed by atoms with van der Waals surface area (Å²) in [5.41, 5.74) is 5.97. The van der Waals surface area contributed by atoms with Crippen LogP contribution in [-0.2, 0) is 9.59 Å². The molecule has 212 valence electrons. The van der Waals surface area contributed by atoms with Crippen LogP contribution in [-0.4, -0.2) is 29.8 Å². The molecular formula is C34H38N4O3. The molecule has 41 heavy (non-hydrogen) atoms. The van der Waals surface area contributed by atoms with Crippen molar-refractivity contribution in [2.24, 2.45) is 22.0 Å². The van der Waals surface area contributed by atoms with Crippen molar-refractivity contribution in [1.82, 2.24) is 0 Å². The van der Waals surface area contributed by atoms with Crippen LogP contribution >= 0.6 is 0 Å². The second-order valence-electron chi connectivity index (χ2n) is 10.7. The highest BCUT2D eigenvalue weighted by Crippen LogP contribution is 2.46. The van der Waals surface area contributed by atoms with Crippen LogP contribution in [0.3, 0.4) is 0 Å². The number of hydrazone groups is 2. The first-order valence-corrected chi connectivity index (χ1v) is 14.6. The third-order valence-corrected chi connectivity index (χ3v) is 7.86. The highest BCUT2D eigenvalue weighted by Gasteiger charge is 2.51. The smallest absolute Gasteiger partial charge is 0.256 e. The summed E-state index contributed by atoms with van der Waals surface area (Å²) in [4.78, 5) is 28.7. The van der Waals surface area contributed by atoms with Gasteiger partial charge in [-0.3, -0.25) is 9.59 Å². The number of anilines is 2. The van der Waals surface area contributed by atoms with Gasteiger partial charge in [0, 0.05) is 5.92 Å². The third kappa shape index (κ3) is 5.41. The normalized spacial score (nSPS) is 19.4.